The Morgan fingerprint density at radius 1 is 0.886 bits per heavy atom. The number of thiazole rings is 1. The zero-order valence-corrected chi connectivity index (χ0v) is 20.4. The van der Waals surface area contributed by atoms with Gasteiger partial charge < -0.3 is 14.7 Å². The number of rotatable bonds is 5. The van der Waals surface area contributed by atoms with Crippen LogP contribution in [0, 0.1) is 5.82 Å². The topological polar surface area (TPSA) is 56.8 Å². The molecule has 0 radical (unpaired) electrons. The first-order valence-corrected chi connectivity index (χ1v) is 13.0. The number of carbonyl (C=O) groups is 2. The Labute approximate surface area is 209 Å². The fraction of sp³-hybridized carbons (Fsp3) is 0.370. The lowest BCUT2D eigenvalue weighted by Gasteiger charge is -2.35. The summed E-state index contributed by atoms with van der Waals surface area (Å²) in [5, 5.41) is 2.87. The number of benzene rings is 2. The smallest absolute Gasteiger partial charge is 0.273 e. The number of hydrogen-bond donors (Lipinski definition) is 0. The van der Waals surface area contributed by atoms with Crippen molar-refractivity contribution in [1.29, 1.82) is 0 Å². The number of likely N-dealkylation sites (tertiary alicyclic amines) is 1. The largest absolute Gasteiger partial charge is 0.368 e. The predicted octanol–water partition coefficient (Wildman–Crippen LogP) is 4.19. The van der Waals surface area contributed by atoms with Gasteiger partial charge in [-0.25, -0.2) is 9.37 Å². The van der Waals surface area contributed by atoms with E-state index in [9.17, 15) is 14.0 Å². The Balaban J connectivity index is 1.11. The molecule has 182 valence electrons. The Morgan fingerprint density at radius 2 is 1.57 bits per heavy atom. The second-order valence-electron chi connectivity index (χ2n) is 9.14. The third-order valence-corrected chi connectivity index (χ3v) is 7.90. The van der Waals surface area contributed by atoms with E-state index in [1.54, 1.807) is 23.5 Å². The number of anilines is 1. The molecule has 0 unspecified atom stereocenters. The van der Waals surface area contributed by atoms with Crippen LogP contribution in [-0.2, 0) is 11.2 Å². The fourth-order valence-electron chi connectivity index (χ4n) is 4.81. The molecule has 3 heterocycles. The van der Waals surface area contributed by atoms with Crippen molar-refractivity contribution in [3.05, 3.63) is 82.1 Å². The van der Waals surface area contributed by atoms with Crippen LogP contribution in [0.15, 0.2) is 60.0 Å². The Kier molecular flexibility index (Phi) is 7.08. The Bertz CT molecular complexity index is 1150. The van der Waals surface area contributed by atoms with Gasteiger partial charge >= 0.3 is 0 Å². The van der Waals surface area contributed by atoms with Crippen molar-refractivity contribution < 1.29 is 14.0 Å². The van der Waals surface area contributed by atoms with E-state index in [1.807, 2.05) is 33.4 Å². The first kappa shape index (κ1) is 23.5. The van der Waals surface area contributed by atoms with Crippen LogP contribution >= 0.6 is 11.3 Å². The highest BCUT2D eigenvalue weighted by Crippen LogP contribution is 2.31. The van der Waals surface area contributed by atoms with Gasteiger partial charge in [0.2, 0.25) is 5.91 Å². The van der Waals surface area contributed by atoms with Crippen molar-refractivity contribution in [2.24, 2.45) is 0 Å². The van der Waals surface area contributed by atoms with Gasteiger partial charge in [0.1, 0.15) is 11.5 Å². The van der Waals surface area contributed by atoms with Crippen LogP contribution in [-0.4, -0.2) is 65.9 Å². The van der Waals surface area contributed by atoms with Gasteiger partial charge in [-0.2, -0.15) is 0 Å². The summed E-state index contributed by atoms with van der Waals surface area (Å²) in [5.74, 6) is 0.0518. The number of piperazine rings is 1. The molecule has 8 heteroatoms. The summed E-state index contributed by atoms with van der Waals surface area (Å²) in [5.41, 5.74) is 2.55. The number of carbonyl (C=O) groups excluding carboxylic acids is 2. The van der Waals surface area contributed by atoms with Crippen LogP contribution in [0.5, 0.6) is 0 Å². The molecular formula is C27H29FN4O2S. The summed E-state index contributed by atoms with van der Waals surface area (Å²) in [6.07, 6.45) is 1.97. The maximum absolute atomic E-state index is 13.1. The van der Waals surface area contributed by atoms with Crippen molar-refractivity contribution in [1.82, 2.24) is 14.8 Å². The standard InChI is InChI=1S/C27H29FN4O2S/c28-22-8-6-20(7-9-22)18-25(33)31-12-10-21(11-13-31)26-29-24(19-35-26)27(34)32-16-14-30(15-17-32)23-4-2-1-3-5-23/h1-9,19,21H,10-18H2. The Hall–Kier alpha value is -3.26. The van der Waals surface area contributed by atoms with Crippen LogP contribution in [0.1, 0.15) is 39.8 Å². The number of amides is 2. The lowest BCUT2D eigenvalue weighted by atomic mass is 9.97. The third-order valence-electron chi connectivity index (χ3n) is 6.89. The van der Waals surface area contributed by atoms with Crippen LogP contribution in [0.25, 0.3) is 0 Å². The number of para-hydroxylation sites is 1. The molecule has 2 aliphatic heterocycles. The molecule has 0 saturated carbocycles. The van der Waals surface area contributed by atoms with E-state index in [-0.39, 0.29) is 23.5 Å². The molecule has 2 aliphatic rings. The number of halogens is 1. The summed E-state index contributed by atoms with van der Waals surface area (Å²) >= 11 is 1.55. The van der Waals surface area contributed by atoms with Crippen LogP contribution < -0.4 is 4.90 Å². The molecule has 2 amide bonds. The molecule has 1 aromatic heterocycles. The van der Waals surface area contributed by atoms with Crippen LogP contribution in [0.3, 0.4) is 0 Å². The number of nitrogens with zero attached hydrogens (tertiary/aromatic N) is 4. The highest BCUT2D eigenvalue weighted by Gasteiger charge is 2.28. The SMILES string of the molecule is O=C(Cc1ccc(F)cc1)N1CCC(c2nc(C(=O)N3CCN(c4ccccc4)CC3)cs2)CC1. The average molecular weight is 493 g/mol. The highest BCUT2D eigenvalue weighted by molar-refractivity contribution is 7.09. The summed E-state index contributed by atoms with van der Waals surface area (Å²) < 4.78 is 13.1. The predicted molar refractivity (Wildman–Crippen MR) is 135 cm³/mol. The van der Waals surface area contributed by atoms with E-state index in [1.165, 1.54) is 17.8 Å². The molecule has 5 rings (SSSR count). The third kappa shape index (κ3) is 5.53. The summed E-state index contributed by atoms with van der Waals surface area (Å²) in [7, 11) is 0. The van der Waals surface area contributed by atoms with Crippen molar-refractivity contribution in [3.8, 4) is 0 Å². The minimum absolute atomic E-state index is 0.00660. The molecule has 2 aromatic carbocycles. The van der Waals surface area contributed by atoms with E-state index in [2.05, 4.69) is 17.0 Å². The molecule has 0 spiro atoms. The van der Waals surface area contributed by atoms with Gasteiger partial charge in [0, 0.05) is 56.3 Å². The van der Waals surface area contributed by atoms with Crippen molar-refractivity contribution in [2.45, 2.75) is 25.2 Å². The van der Waals surface area contributed by atoms with E-state index >= 15 is 0 Å². The molecule has 0 aliphatic carbocycles. The second-order valence-corrected chi connectivity index (χ2v) is 10.0. The van der Waals surface area contributed by atoms with E-state index in [4.69, 9.17) is 4.98 Å². The van der Waals surface area contributed by atoms with Gasteiger partial charge in [0.25, 0.3) is 5.91 Å². The van der Waals surface area contributed by atoms with E-state index in [0.29, 0.717) is 38.3 Å². The van der Waals surface area contributed by atoms with Crippen molar-refractivity contribution >= 4 is 28.8 Å². The first-order chi connectivity index (χ1) is 17.1. The van der Waals surface area contributed by atoms with Gasteiger partial charge in [0.05, 0.1) is 11.4 Å². The van der Waals surface area contributed by atoms with Crippen molar-refractivity contribution in [3.63, 3.8) is 0 Å². The zero-order chi connectivity index (χ0) is 24.2. The zero-order valence-electron chi connectivity index (χ0n) is 19.6. The molecule has 0 N–H and O–H groups in total. The summed E-state index contributed by atoms with van der Waals surface area (Å²) in [6.45, 7) is 4.36. The molecule has 6 nitrogen and oxygen atoms in total. The van der Waals surface area contributed by atoms with Gasteiger partial charge in [0.15, 0.2) is 0 Å². The maximum atomic E-state index is 13.1. The number of piperidine rings is 1. The monoisotopic (exact) mass is 492 g/mol. The van der Waals surface area contributed by atoms with Crippen LogP contribution in [0.2, 0.25) is 0 Å². The van der Waals surface area contributed by atoms with Crippen molar-refractivity contribution in [2.75, 3.05) is 44.2 Å². The average Bonchev–Trinajstić information content (AvgIpc) is 3.41. The molecule has 35 heavy (non-hydrogen) atoms. The minimum Gasteiger partial charge on any atom is -0.368 e. The second kappa shape index (κ2) is 10.6. The lowest BCUT2D eigenvalue weighted by Crippen LogP contribution is -2.48. The summed E-state index contributed by atoms with van der Waals surface area (Å²) in [4.78, 5) is 36.5. The van der Waals surface area contributed by atoms with Gasteiger partial charge in [-0.1, -0.05) is 30.3 Å². The van der Waals surface area contributed by atoms with Crippen LogP contribution in [0.4, 0.5) is 10.1 Å². The maximum Gasteiger partial charge on any atom is 0.273 e. The van der Waals surface area contributed by atoms with Gasteiger partial charge in [-0.15, -0.1) is 11.3 Å². The van der Waals surface area contributed by atoms with Gasteiger partial charge in [-0.05, 0) is 42.7 Å². The fourth-order valence-corrected chi connectivity index (χ4v) is 5.77. The van der Waals surface area contributed by atoms with Gasteiger partial charge in [-0.3, -0.25) is 9.59 Å². The first-order valence-electron chi connectivity index (χ1n) is 12.1. The minimum atomic E-state index is -0.294. The molecular weight excluding hydrogens is 463 g/mol. The molecule has 2 fully saturated rings. The molecule has 0 atom stereocenters. The normalized spacial score (nSPS) is 17.0. The molecule has 2 saturated heterocycles. The number of aromatic nitrogens is 1. The Morgan fingerprint density at radius 3 is 2.26 bits per heavy atom. The lowest BCUT2D eigenvalue weighted by molar-refractivity contribution is -0.131. The molecule has 3 aromatic rings. The number of hydrogen-bond acceptors (Lipinski definition) is 5. The highest BCUT2D eigenvalue weighted by atomic mass is 32.1. The molecule has 0 bridgehead atoms. The quantitative estimate of drug-likeness (QED) is 0.536. The van der Waals surface area contributed by atoms with E-state index < -0.39 is 0 Å². The summed E-state index contributed by atoms with van der Waals surface area (Å²) in [6, 6.07) is 16.4. The van der Waals surface area contributed by atoms with E-state index in [0.717, 1.165) is 36.5 Å².